The molecule has 2 aliphatic rings. The summed E-state index contributed by atoms with van der Waals surface area (Å²) in [6.07, 6.45) is 4.77. The third kappa shape index (κ3) is 2.09. The Kier molecular flexibility index (Phi) is 3.39. The van der Waals surface area contributed by atoms with E-state index in [1.165, 1.54) is 12.8 Å². The fourth-order valence-corrected chi connectivity index (χ4v) is 4.71. The Hall–Kier alpha value is -0.900. The normalized spacial score (nSPS) is 34.4. The molecule has 0 spiro atoms. The van der Waals surface area contributed by atoms with Crippen LogP contribution >= 0.6 is 11.3 Å². The van der Waals surface area contributed by atoms with Gasteiger partial charge in [-0.3, -0.25) is 4.79 Å². The van der Waals surface area contributed by atoms with Crippen LogP contribution in [0.15, 0.2) is 10.9 Å². The topological polar surface area (TPSA) is 39.2 Å². The average Bonchev–Trinajstić information content (AvgIpc) is 3.02. The molecule has 1 aromatic heterocycles. The molecule has 2 saturated carbocycles. The molecule has 3 atom stereocenters. The van der Waals surface area contributed by atoms with E-state index >= 15 is 0 Å². The monoisotopic (exact) mass is 293 g/mol. The summed E-state index contributed by atoms with van der Waals surface area (Å²) in [6, 6.07) is 0. The van der Waals surface area contributed by atoms with E-state index in [-0.39, 0.29) is 17.5 Å². The summed E-state index contributed by atoms with van der Waals surface area (Å²) < 4.78 is 5.82. The summed E-state index contributed by atoms with van der Waals surface area (Å²) in [5, 5.41) is 2.00. The van der Waals surface area contributed by atoms with Crippen LogP contribution in [0.5, 0.6) is 0 Å². The molecule has 0 saturated heterocycles. The smallest absolute Gasteiger partial charge is 0.306 e. The van der Waals surface area contributed by atoms with E-state index in [0.717, 1.165) is 12.1 Å². The number of esters is 1. The number of fused-ring (bicyclic) bond motifs is 2. The number of aromatic nitrogens is 1. The Balaban J connectivity index is 1.58. The molecule has 0 N–H and O–H groups in total. The van der Waals surface area contributed by atoms with Crippen molar-refractivity contribution in [2.45, 2.75) is 59.0 Å². The molecule has 1 heterocycles. The number of hydrogen-bond donors (Lipinski definition) is 0. The van der Waals surface area contributed by atoms with E-state index in [1.54, 1.807) is 16.8 Å². The van der Waals surface area contributed by atoms with Gasteiger partial charge in [-0.1, -0.05) is 20.8 Å². The zero-order valence-electron chi connectivity index (χ0n) is 12.5. The minimum atomic E-state index is -0.0624. The number of aryl methyl sites for hydroxylation is 1. The van der Waals surface area contributed by atoms with Gasteiger partial charge in [0.25, 0.3) is 0 Å². The highest BCUT2D eigenvalue weighted by Crippen LogP contribution is 2.66. The average molecular weight is 293 g/mol. The van der Waals surface area contributed by atoms with Crippen molar-refractivity contribution in [3.63, 3.8) is 0 Å². The number of nitrogens with zero attached hydrogens (tertiary/aromatic N) is 1. The SMILES string of the molecule is CC1(C)[C@H]2CC[C@]1(C)[C@H](OC(=O)CCc1cscn1)C2. The number of ether oxygens (including phenoxy) is 1. The van der Waals surface area contributed by atoms with Crippen LogP contribution in [0.3, 0.4) is 0 Å². The summed E-state index contributed by atoms with van der Waals surface area (Å²) in [4.78, 5) is 16.3. The van der Waals surface area contributed by atoms with Gasteiger partial charge in [-0.05, 0) is 30.6 Å². The Morgan fingerprint density at radius 1 is 1.50 bits per heavy atom. The maximum atomic E-state index is 12.1. The van der Waals surface area contributed by atoms with Crippen molar-refractivity contribution in [3.05, 3.63) is 16.6 Å². The summed E-state index contributed by atoms with van der Waals surface area (Å²) in [5.74, 6) is 0.649. The lowest BCUT2D eigenvalue weighted by molar-refractivity contribution is -0.156. The predicted octanol–water partition coefficient (Wildman–Crippen LogP) is 3.83. The van der Waals surface area contributed by atoms with Gasteiger partial charge in [0.15, 0.2) is 0 Å². The first-order chi connectivity index (χ1) is 9.43. The van der Waals surface area contributed by atoms with Gasteiger partial charge in [0.2, 0.25) is 0 Å². The van der Waals surface area contributed by atoms with Gasteiger partial charge >= 0.3 is 5.97 Å². The van der Waals surface area contributed by atoms with E-state index in [2.05, 4.69) is 25.8 Å². The zero-order chi connectivity index (χ0) is 14.4. The first-order valence-electron chi connectivity index (χ1n) is 7.50. The highest BCUT2D eigenvalue weighted by atomic mass is 32.1. The van der Waals surface area contributed by atoms with Crippen LogP contribution in [-0.4, -0.2) is 17.1 Å². The highest BCUT2D eigenvalue weighted by Gasteiger charge is 2.62. The predicted molar refractivity (Wildman–Crippen MR) is 79.5 cm³/mol. The Morgan fingerprint density at radius 2 is 2.30 bits per heavy atom. The number of thiazole rings is 1. The van der Waals surface area contributed by atoms with Crippen molar-refractivity contribution in [3.8, 4) is 0 Å². The summed E-state index contributed by atoms with van der Waals surface area (Å²) in [5.41, 5.74) is 3.26. The molecule has 110 valence electrons. The Labute approximate surface area is 124 Å². The molecule has 0 amide bonds. The Morgan fingerprint density at radius 3 is 2.85 bits per heavy atom. The number of carbonyl (C=O) groups is 1. The maximum Gasteiger partial charge on any atom is 0.306 e. The van der Waals surface area contributed by atoms with E-state index < -0.39 is 0 Å². The summed E-state index contributed by atoms with van der Waals surface area (Å²) in [6.45, 7) is 6.99. The van der Waals surface area contributed by atoms with Crippen molar-refractivity contribution >= 4 is 17.3 Å². The molecule has 20 heavy (non-hydrogen) atoms. The minimum Gasteiger partial charge on any atom is -0.462 e. The van der Waals surface area contributed by atoms with E-state index in [4.69, 9.17) is 4.74 Å². The quantitative estimate of drug-likeness (QED) is 0.792. The molecule has 0 radical (unpaired) electrons. The van der Waals surface area contributed by atoms with Crippen molar-refractivity contribution in [1.82, 2.24) is 4.98 Å². The first kappa shape index (κ1) is 14.1. The molecular formula is C16H23NO2S. The van der Waals surface area contributed by atoms with Crippen LogP contribution in [0.4, 0.5) is 0 Å². The Bertz CT molecular complexity index is 497. The summed E-state index contributed by atoms with van der Waals surface area (Å²) >= 11 is 1.57. The van der Waals surface area contributed by atoms with Crippen LogP contribution in [-0.2, 0) is 16.0 Å². The maximum absolute atomic E-state index is 12.1. The van der Waals surface area contributed by atoms with E-state index in [9.17, 15) is 4.79 Å². The van der Waals surface area contributed by atoms with Gasteiger partial charge in [0.05, 0.1) is 17.6 Å². The van der Waals surface area contributed by atoms with Crippen molar-refractivity contribution in [1.29, 1.82) is 0 Å². The minimum absolute atomic E-state index is 0.0624. The lowest BCUT2D eigenvalue weighted by Gasteiger charge is -2.38. The number of carbonyl (C=O) groups excluding carboxylic acids is 1. The molecule has 0 unspecified atom stereocenters. The third-order valence-corrected chi connectivity index (χ3v) is 6.69. The molecule has 2 bridgehead atoms. The molecule has 0 aromatic carbocycles. The second-order valence-electron chi connectivity index (χ2n) is 7.07. The molecule has 2 fully saturated rings. The van der Waals surface area contributed by atoms with Crippen LogP contribution in [0.25, 0.3) is 0 Å². The second kappa shape index (κ2) is 4.83. The van der Waals surface area contributed by atoms with Crippen LogP contribution in [0.1, 0.15) is 52.1 Å². The molecule has 0 aliphatic heterocycles. The molecule has 3 nitrogen and oxygen atoms in total. The van der Waals surface area contributed by atoms with Gasteiger partial charge in [0.1, 0.15) is 6.10 Å². The lowest BCUT2D eigenvalue weighted by atomic mass is 9.70. The fourth-order valence-electron chi connectivity index (χ4n) is 4.12. The summed E-state index contributed by atoms with van der Waals surface area (Å²) in [7, 11) is 0. The van der Waals surface area contributed by atoms with Crippen LogP contribution < -0.4 is 0 Å². The molecule has 2 aliphatic carbocycles. The van der Waals surface area contributed by atoms with E-state index in [1.807, 2.05) is 5.38 Å². The molecule has 4 heteroatoms. The largest absolute Gasteiger partial charge is 0.462 e. The first-order valence-corrected chi connectivity index (χ1v) is 8.44. The fraction of sp³-hybridized carbons (Fsp3) is 0.750. The number of rotatable bonds is 4. The number of hydrogen-bond acceptors (Lipinski definition) is 4. The van der Waals surface area contributed by atoms with Gasteiger partial charge in [-0.15, -0.1) is 11.3 Å². The van der Waals surface area contributed by atoms with Gasteiger partial charge in [0, 0.05) is 17.2 Å². The molecular weight excluding hydrogens is 270 g/mol. The van der Waals surface area contributed by atoms with Gasteiger partial charge in [-0.2, -0.15) is 0 Å². The van der Waals surface area contributed by atoms with Crippen molar-refractivity contribution in [2.75, 3.05) is 0 Å². The van der Waals surface area contributed by atoms with E-state index in [0.29, 0.717) is 24.2 Å². The van der Waals surface area contributed by atoms with Gasteiger partial charge in [-0.25, -0.2) is 4.98 Å². The lowest BCUT2D eigenvalue weighted by Crippen LogP contribution is -2.38. The molecule has 3 rings (SSSR count). The van der Waals surface area contributed by atoms with Crippen molar-refractivity contribution in [2.24, 2.45) is 16.7 Å². The van der Waals surface area contributed by atoms with Crippen molar-refractivity contribution < 1.29 is 9.53 Å². The zero-order valence-corrected chi connectivity index (χ0v) is 13.3. The standard InChI is InChI=1S/C16H23NO2S/c1-15(2)11-6-7-16(15,3)13(8-11)19-14(18)5-4-12-9-20-10-17-12/h9-11,13H,4-8H2,1-3H3/t11-,13+,16+/m0/s1. The highest BCUT2D eigenvalue weighted by molar-refractivity contribution is 7.07. The van der Waals surface area contributed by atoms with Crippen LogP contribution in [0, 0.1) is 16.7 Å². The third-order valence-electron chi connectivity index (χ3n) is 6.06. The second-order valence-corrected chi connectivity index (χ2v) is 7.79. The molecule has 1 aromatic rings. The van der Waals surface area contributed by atoms with Gasteiger partial charge < -0.3 is 4.74 Å². The van der Waals surface area contributed by atoms with Crippen LogP contribution in [0.2, 0.25) is 0 Å².